The third kappa shape index (κ3) is 4.13. The summed E-state index contributed by atoms with van der Waals surface area (Å²) >= 11 is 0. The summed E-state index contributed by atoms with van der Waals surface area (Å²) in [6.45, 7) is 4.73. The van der Waals surface area contributed by atoms with Crippen molar-refractivity contribution in [3.63, 3.8) is 0 Å². The van der Waals surface area contributed by atoms with Gasteiger partial charge in [0.05, 0.1) is 13.1 Å². The third-order valence-corrected chi connectivity index (χ3v) is 5.83. The van der Waals surface area contributed by atoms with Crippen LogP contribution in [-0.2, 0) is 6.54 Å². The highest BCUT2D eigenvalue weighted by Crippen LogP contribution is 2.22. The van der Waals surface area contributed by atoms with Crippen LogP contribution in [0.3, 0.4) is 0 Å². The Labute approximate surface area is 182 Å². The molecule has 1 fully saturated rings. The molecule has 1 aliphatic heterocycles. The van der Waals surface area contributed by atoms with Crippen LogP contribution in [0.1, 0.15) is 19.3 Å². The lowest BCUT2D eigenvalue weighted by Gasteiger charge is -2.22. The Morgan fingerprint density at radius 1 is 0.966 bits per heavy atom. The molecule has 0 bridgehead atoms. The van der Waals surface area contributed by atoms with Crippen LogP contribution in [0.5, 0.6) is 0 Å². The van der Waals surface area contributed by atoms with Crippen LogP contribution < -0.4 is 34.3 Å². The highest BCUT2D eigenvalue weighted by atomic mass is 35.5. The molecule has 2 aromatic heterocycles. The second kappa shape index (κ2) is 9.16. The first-order valence-electron chi connectivity index (χ1n) is 9.91. The number of fused-ring (bicyclic) bond motifs is 3. The first-order chi connectivity index (χ1) is 13.3. The Hall–Kier alpha value is -2.08. The molecule has 0 saturated carbocycles. The van der Waals surface area contributed by atoms with Crippen molar-refractivity contribution in [2.75, 3.05) is 19.6 Å². The largest absolute Gasteiger partial charge is 1.00 e. The van der Waals surface area contributed by atoms with Gasteiger partial charge in [-0.1, -0.05) is 12.1 Å². The van der Waals surface area contributed by atoms with E-state index in [1.165, 1.54) is 55.5 Å². The molecule has 0 amide bonds. The van der Waals surface area contributed by atoms with Crippen molar-refractivity contribution in [3.05, 3.63) is 60.5 Å². The molecule has 4 nitrogen and oxygen atoms in total. The second-order valence-electron chi connectivity index (χ2n) is 7.57. The standard InChI is InChI=1S/C22H23FN4.2ClH/c23-18-10-8-17(9-11-18)19-16-27-21-7-3-2-6-20(21)26(22(27)24-19)15-14-25-12-4-1-5-13-25;;/h2-3,6-11,16H,1,4-5,12-15H2;2*1H. The zero-order valence-electron chi connectivity index (χ0n) is 16.2. The van der Waals surface area contributed by atoms with Crippen LogP contribution in [0.4, 0.5) is 4.39 Å². The summed E-state index contributed by atoms with van der Waals surface area (Å²) in [7, 11) is 0. The molecule has 5 rings (SSSR count). The van der Waals surface area contributed by atoms with Crippen molar-refractivity contribution in [3.8, 4) is 11.3 Å². The first-order valence-corrected chi connectivity index (χ1v) is 9.91. The molecule has 0 radical (unpaired) electrons. The fraction of sp³-hybridized carbons (Fsp3) is 0.318. The molecule has 0 unspecified atom stereocenters. The Balaban J connectivity index is 0.00000120. The number of hydrogen-bond donors (Lipinski definition) is 2. The molecule has 7 heteroatoms. The Morgan fingerprint density at radius 2 is 1.69 bits per heavy atom. The number of nitrogens with zero attached hydrogens (tertiary/aromatic N) is 2. The molecule has 3 heterocycles. The fourth-order valence-corrected chi connectivity index (χ4v) is 4.37. The van der Waals surface area contributed by atoms with Gasteiger partial charge in [-0.05, 0) is 55.7 Å². The molecule has 154 valence electrons. The van der Waals surface area contributed by atoms with Gasteiger partial charge < -0.3 is 29.7 Å². The van der Waals surface area contributed by atoms with Gasteiger partial charge in [-0.15, -0.1) is 0 Å². The minimum atomic E-state index is -0.207. The maximum absolute atomic E-state index is 13.3. The third-order valence-electron chi connectivity index (χ3n) is 5.83. The zero-order valence-corrected chi connectivity index (χ0v) is 17.7. The lowest BCUT2D eigenvalue weighted by Crippen LogP contribution is -3.13. The van der Waals surface area contributed by atoms with Crippen LogP contribution in [0.2, 0.25) is 0 Å². The highest BCUT2D eigenvalue weighted by molar-refractivity contribution is 5.76. The summed E-state index contributed by atoms with van der Waals surface area (Å²) in [5.74, 6) is 0.883. The van der Waals surface area contributed by atoms with Crippen LogP contribution in [0.15, 0.2) is 54.7 Å². The molecule has 0 atom stereocenters. The second-order valence-corrected chi connectivity index (χ2v) is 7.57. The molecular weight excluding hydrogens is 410 g/mol. The monoisotopic (exact) mass is 434 g/mol. The number of hydrogen-bond acceptors (Lipinski definition) is 0. The quantitative estimate of drug-likeness (QED) is 0.313. The number of para-hydroxylation sites is 2. The highest BCUT2D eigenvalue weighted by Gasteiger charge is 2.23. The molecule has 0 aliphatic carbocycles. The summed E-state index contributed by atoms with van der Waals surface area (Å²) in [4.78, 5) is 5.28. The normalized spacial score (nSPS) is 14.7. The summed E-state index contributed by atoms with van der Waals surface area (Å²) in [5.41, 5.74) is 4.46. The van der Waals surface area contributed by atoms with E-state index in [1.54, 1.807) is 4.90 Å². The maximum atomic E-state index is 13.3. The molecule has 2 N–H and O–H groups in total. The van der Waals surface area contributed by atoms with Crippen molar-refractivity contribution < 1.29 is 38.7 Å². The van der Waals surface area contributed by atoms with Crippen molar-refractivity contribution in [2.45, 2.75) is 25.8 Å². The minimum absolute atomic E-state index is 0. The summed E-state index contributed by atoms with van der Waals surface area (Å²) in [6, 6.07) is 15.2. The van der Waals surface area contributed by atoms with Gasteiger partial charge in [0, 0.05) is 5.56 Å². The van der Waals surface area contributed by atoms with Gasteiger partial charge in [0.15, 0.2) is 0 Å². The van der Waals surface area contributed by atoms with Crippen molar-refractivity contribution >= 4 is 16.8 Å². The molecular formula is C22H25Cl2FN4. The van der Waals surface area contributed by atoms with Gasteiger partial charge in [0.2, 0.25) is 0 Å². The van der Waals surface area contributed by atoms with E-state index in [1.807, 2.05) is 12.1 Å². The van der Waals surface area contributed by atoms with Gasteiger partial charge in [-0.2, -0.15) is 4.40 Å². The molecule has 2 aromatic carbocycles. The van der Waals surface area contributed by atoms with Gasteiger partial charge in [-0.25, -0.2) is 13.9 Å². The molecule has 1 saturated heterocycles. The van der Waals surface area contributed by atoms with E-state index < -0.39 is 0 Å². The lowest BCUT2D eigenvalue weighted by atomic mass is 10.1. The number of aromatic amines is 1. The van der Waals surface area contributed by atoms with E-state index in [2.05, 4.69) is 44.4 Å². The Morgan fingerprint density at radius 3 is 2.45 bits per heavy atom. The van der Waals surface area contributed by atoms with Crippen LogP contribution in [-0.4, -0.2) is 29.0 Å². The number of H-pyrrole nitrogens is 1. The lowest BCUT2D eigenvalue weighted by molar-refractivity contribution is -0.920. The molecule has 29 heavy (non-hydrogen) atoms. The zero-order chi connectivity index (χ0) is 18.2. The maximum Gasteiger partial charge on any atom is 0.368 e. The SMILES string of the molecule is Fc1ccc(-c2cn3c4ccccc4[n+](CC[NH+]4CCCCC4)c3[nH]2)cc1.[Cl-].[Cl-]. The van der Waals surface area contributed by atoms with Gasteiger partial charge in [0.25, 0.3) is 0 Å². The molecule has 0 spiro atoms. The predicted molar refractivity (Wildman–Crippen MR) is 104 cm³/mol. The van der Waals surface area contributed by atoms with E-state index in [9.17, 15) is 4.39 Å². The Bertz CT molecular complexity index is 1080. The summed E-state index contributed by atoms with van der Waals surface area (Å²) in [6.07, 6.45) is 6.20. The average Bonchev–Trinajstić information content (AvgIpc) is 3.26. The average molecular weight is 435 g/mol. The Kier molecular flexibility index (Phi) is 6.83. The van der Waals surface area contributed by atoms with Crippen molar-refractivity contribution in [1.82, 2.24) is 9.38 Å². The van der Waals surface area contributed by atoms with E-state index in [0.29, 0.717) is 0 Å². The number of piperidine rings is 1. The molecule has 1 aliphatic rings. The van der Waals surface area contributed by atoms with Gasteiger partial charge in [-0.3, -0.25) is 0 Å². The minimum Gasteiger partial charge on any atom is -1.00 e. The van der Waals surface area contributed by atoms with E-state index >= 15 is 0 Å². The smallest absolute Gasteiger partial charge is 0.368 e. The van der Waals surface area contributed by atoms with Crippen LogP contribution in [0, 0.1) is 5.82 Å². The first kappa shape index (κ1) is 21.6. The topological polar surface area (TPSA) is 28.5 Å². The van der Waals surface area contributed by atoms with Crippen LogP contribution >= 0.6 is 0 Å². The fourth-order valence-electron chi connectivity index (χ4n) is 4.37. The van der Waals surface area contributed by atoms with Gasteiger partial charge >= 0.3 is 5.78 Å². The molecule has 4 aromatic rings. The number of nitrogens with one attached hydrogen (secondary N) is 2. The predicted octanol–water partition coefficient (Wildman–Crippen LogP) is -3.41. The number of aromatic nitrogens is 3. The van der Waals surface area contributed by atoms with Crippen molar-refractivity contribution in [1.29, 1.82) is 0 Å². The van der Waals surface area contributed by atoms with Crippen molar-refractivity contribution in [2.24, 2.45) is 0 Å². The number of halogens is 3. The number of likely N-dealkylation sites (tertiary alicyclic amines) is 1. The van der Waals surface area contributed by atoms with E-state index in [4.69, 9.17) is 0 Å². The van der Waals surface area contributed by atoms with E-state index in [0.717, 1.165) is 30.1 Å². The van der Waals surface area contributed by atoms with Gasteiger partial charge in [0.1, 0.15) is 41.8 Å². The van der Waals surface area contributed by atoms with Crippen LogP contribution in [0.25, 0.3) is 28.1 Å². The number of rotatable bonds is 4. The summed E-state index contributed by atoms with van der Waals surface area (Å²) in [5, 5.41) is 0. The number of quaternary nitrogens is 1. The number of imidazole rings is 2. The summed E-state index contributed by atoms with van der Waals surface area (Å²) < 4.78 is 17.9. The van der Waals surface area contributed by atoms with E-state index in [-0.39, 0.29) is 30.6 Å². The number of benzene rings is 2.